The number of hydrogen-bond acceptors (Lipinski definition) is 4. The van der Waals surface area contributed by atoms with Crippen LogP contribution in [0.1, 0.15) is 17.4 Å². The number of hydrogen-bond donors (Lipinski definition) is 1. The van der Waals surface area contributed by atoms with E-state index >= 15 is 0 Å². The number of methoxy groups -OCH3 is 1. The molecule has 0 fully saturated rings. The Labute approximate surface area is 95.9 Å². The molecular weight excluding hydrogens is 264 g/mol. The van der Waals surface area contributed by atoms with E-state index in [4.69, 9.17) is 9.57 Å². The van der Waals surface area contributed by atoms with Gasteiger partial charge < -0.3 is 4.74 Å². The van der Waals surface area contributed by atoms with E-state index in [2.05, 4.69) is 26.4 Å². The summed E-state index contributed by atoms with van der Waals surface area (Å²) in [5.41, 5.74) is 2.49. The predicted octanol–water partition coefficient (Wildman–Crippen LogP) is 1.53. The third-order valence-electron chi connectivity index (χ3n) is 1.55. The van der Waals surface area contributed by atoms with Crippen molar-refractivity contribution in [1.82, 2.24) is 10.5 Å². The maximum Gasteiger partial charge on any atom is 0.293 e. The highest BCUT2D eigenvalue weighted by atomic mass is 79.9. The highest BCUT2D eigenvalue weighted by Gasteiger charge is 2.10. The van der Waals surface area contributed by atoms with Crippen LogP contribution in [-0.2, 0) is 4.84 Å². The third kappa shape index (κ3) is 3.17. The van der Waals surface area contributed by atoms with Crippen molar-refractivity contribution in [1.29, 1.82) is 0 Å². The first-order valence-electron chi connectivity index (χ1n) is 4.31. The fourth-order valence-electron chi connectivity index (χ4n) is 0.883. The molecule has 1 aromatic heterocycles. The van der Waals surface area contributed by atoms with Crippen molar-refractivity contribution in [3.05, 3.63) is 22.3 Å². The monoisotopic (exact) mass is 274 g/mol. The summed E-state index contributed by atoms with van der Waals surface area (Å²) < 4.78 is 5.65. The normalized spacial score (nSPS) is 9.80. The summed E-state index contributed by atoms with van der Waals surface area (Å²) in [6, 6.07) is 3.26. The van der Waals surface area contributed by atoms with Crippen LogP contribution < -0.4 is 10.2 Å². The number of amides is 1. The maximum atomic E-state index is 11.4. The standard InChI is InChI=1S/C9H11BrN2O3/c1-3-15-12-8(13)7-5-4-6(10)9(11-7)14-2/h4-5H,3H2,1-2H3,(H,12,13). The fourth-order valence-corrected chi connectivity index (χ4v) is 1.27. The summed E-state index contributed by atoms with van der Waals surface area (Å²) >= 11 is 3.24. The summed E-state index contributed by atoms with van der Waals surface area (Å²) in [7, 11) is 1.48. The molecule has 0 saturated heterocycles. The second-order valence-electron chi connectivity index (χ2n) is 2.55. The number of hydroxylamine groups is 1. The smallest absolute Gasteiger partial charge is 0.293 e. The van der Waals surface area contributed by atoms with E-state index in [0.717, 1.165) is 0 Å². The van der Waals surface area contributed by atoms with Crippen molar-refractivity contribution in [3.8, 4) is 5.88 Å². The Hall–Kier alpha value is -1.14. The number of pyridine rings is 1. The topological polar surface area (TPSA) is 60.5 Å². The molecule has 0 spiro atoms. The van der Waals surface area contributed by atoms with Crippen LogP contribution in [0.3, 0.4) is 0 Å². The van der Waals surface area contributed by atoms with Crippen LogP contribution in [0.2, 0.25) is 0 Å². The van der Waals surface area contributed by atoms with Gasteiger partial charge in [-0.15, -0.1) is 0 Å². The summed E-state index contributed by atoms with van der Waals surface area (Å²) in [4.78, 5) is 20.2. The molecule has 0 saturated carbocycles. The lowest BCUT2D eigenvalue weighted by Crippen LogP contribution is -2.24. The molecule has 0 aliphatic heterocycles. The molecule has 1 aromatic rings. The summed E-state index contributed by atoms with van der Waals surface area (Å²) in [5.74, 6) is -0.0400. The first-order chi connectivity index (χ1) is 7.19. The third-order valence-corrected chi connectivity index (χ3v) is 2.15. The molecule has 1 heterocycles. The minimum Gasteiger partial charge on any atom is -0.480 e. The Balaban J connectivity index is 2.81. The number of ether oxygens (including phenoxy) is 1. The van der Waals surface area contributed by atoms with Gasteiger partial charge in [-0.2, -0.15) is 0 Å². The average molecular weight is 275 g/mol. The molecule has 0 aromatic carbocycles. The molecule has 1 rings (SSSR count). The van der Waals surface area contributed by atoms with Crippen molar-refractivity contribution >= 4 is 21.8 Å². The molecule has 0 bridgehead atoms. The van der Waals surface area contributed by atoms with Gasteiger partial charge in [0.05, 0.1) is 18.2 Å². The van der Waals surface area contributed by atoms with E-state index < -0.39 is 5.91 Å². The second kappa shape index (κ2) is 5.67. The van der Waals surface area contributed by atoms with Gasteiger partial charge >= 0.3 is 0 Å². The van der Waals surface area contributed by atoms with E-state index in [1.807, 2.05) is 0 Å². The molecule has 5 nitrogen and oxygen atoms in total. The van der Waals surface area contributed by atoms with E-state index in [1.165, 1.54) is 7.11 Å². The fraction of sp³-hybridized carbons (Fsp3) is 0.333. The van der Waals surface area contributed by atoms with Crippen molar-refractivity contribution in [2.24, 2.45) is 0 Å². The Morgan fingerprint density at radius 3 is 2.93 bits per heavy atom. The van der Waals surface area contributed by atoms with Crippen LogP contribution in [0, 0.1) is 0 Å². The number of carbonyl (C=O) groups is 1. The first-order valence-corrected chi connectivity index (χ1v) is 5.11. The van der Waals surface area contributed by atoms with Crippen LogP contribution in [0.4, 0.5) is 0 Å². The van der Waals surface area contributed by atoms with Gasteiger partial charge in [0.2, 0.25) is 5.88 Å². The van der Waals surface area contributed by atoms with Crippen LogP contribution >= 0.6 is 15.9 Å². The Morgan fingerprint density at radius 1 is 1.60 bits per heavy atom. The van der Waals surface area contributed by atoms with Gasteiger partial charge in [-0.3, -0.25) is 9.63 Å². The quantitative estimate of drug-likeness (QED) is 0.846. The van der Waals surface area contributed by atoms with Crippen LogP contribution in [0.15, 0.2) is 16.6 Å². The van der Waals surface area contributed by atoms with Crippen molar-refractivity contribution < 1.29 is 14.4 Å². The second-order valence-corrected chi connectivity index (χ2v) is 3.41. The van der Waals surface area contributed by atoms with E-state index in [1.54, 1.807) is 19.1 Å². The lowest BCUT2D eigenvalue weighted by Gasteiger charge is -2.05. The maximum absolute atomic E-state index is 11.4. The Morgan fingerprint density at radius 2 is 2.33 bits per heavy atom. The minimum atomic E-state index is -0.400. The van der Waals surface area contributed by atoms with Gasteiger partial charge in [0.25, 0.3) is 5.91 Å². The number of nitrogens with one attached hydrogen (secondary N) is 1. The molecule has 1 amide bonds. The van der Waals surface area contributed by atoms with Gasteiger partial charge in [0.15, 0.2) is 0 Å². The summed E-state index contributed by atoms with van der Waals surface area (Å²) in [6.45, 7) is 2.18. The highest BCUT2D eigenvalue weighted by molar-refractivity contribution is 9.10. The van der Waals surface area contributed by atoms with E-state index in [-0.39, 0.29) is 5.69 Å². The van der Waals surface area contributed by atoms with Crippen molar-refractivity contribution in [3.63, 3.8) is 0 Å². The number of nitrogens with zero attached hydrogens (tertiary/aromatic N) is 1. The van der Waals surface area contributed by atoms with Crippen LogP contribution in [-0.4, -0.2) is 24.6 Å². The summed E-state index contributed by atoms with van der Waals surface area (Å²) in [5, 5.41) is 0. The van der Waals surface area contributed by atoms with Crippen LogP contribution in [0.25, 0.3) is 0 Å². The largest absolute Gasteiger partial charge is 0.480 e. The number of aromatic nitrogens is 1. The lowest BCUT2D eigenvalue weighted by molar-refractivity contribution is 0.0359. The molecule has 0 atom stereocenters. The molecule has 0 aliphatic carbocycles. The Bertz CT molecular complexity index is 357. The van der Waals surface area contributed by atoms with Crippen molar-refractivity contribution in [2.45, 2.75) is 6.92 Å². The van der Waals surface area contributed by atoms with Crippen molar-refractivity contribution in [2.75, 3.05) is 13.7 Å². The zero-order chi connectivity index (χ0) is 11.3. The zero-order valence-corrected chi connectivity index (χ0v) is 10.00. The van der Waals surface area contributed by atoms with Gasteiger partial charge in [-0.05, 0) is 35.0 Å². The molecule has 82 valence electrons. The van der Waals surface area contributed by atoms with Gasteiger partial charge in [-0.25, -0.2) is 10.5 Å². The molecule has 0 unspecified atom stereocenters. The molecule has 6 heteroatoms. The zero-order valence-electron chi connectivity index (χ0n) is 8.41. The minimum absolute atomic E-state index is 0.239. The number of rotatable bonds is 4. The van der Waals surface area contributed by atoms with Gasteiger partial charge in [0.1, 0.15) is 5.69 Å². The predicted molar refractivity (Wildman–Crippen MR) is 57.6 cm³/mol. The molecule has 15 heavy (non-hydrogen) atoms. The van der Waals surface area contributed by atoms with E-state index in [0.29, 0.717) is 17.0 Å². The van der Waals surface area contributed by atoms with Gasteiger partial charge in [0, 0.05) is 0 Å². The number of carbonyl (C=O) groups excluding carboxylic acids is 1. The molecule has 0 radical (unpaired) electrons. The Kier molecular flexibility index (Phi) is 4.51. The van der Waals surface area contributed by atoms with E-state index in [9.17, 15) is 4.79 Å². The molecular formula is C9H11BrN2O3. The molecule has 1 N–H and O–H groups in total. The molecule has 0 aliphatic rings. The highest BCUT2D eigenvalue weighted by Crippen LogP contribution is 2.21. The average Bonchev–Trinajstić information content (AvgIpc) is 2.26. The van der Waals surface area contributed by atoms with Gasteiger partial charge in [-0.1, -0.05) is 0 Å². The summed E-state index contributed by atoms with van der Waals surface area (Å²) in [6.07, 6.45) is 0. The number of halogens is 1. The SMILES string of the molecule is CCONC(=O)c1ccc(Br)c(OC)n1. The van der Waals surface area contributed by atoms with Crippen LogP contribution in [0.5, 0.6) is 5.88 Å². The first kappa shape index (κ1) is 11.9. The lowest BCUT2D eigenvalue weighted by atomic mass is 10.3.